The van der Waals surface area contributed by atoms with Crippen molar-refractivity contribution >= 4 is 30.0 Å². The van der Waals surface area contributed by atoms with Crippen LogP contribution in [0.25, 0.3) is 0 Å². The fourth-order valence-electron chi connectivity index (χ4n) is 3.23. The number of hydrogen-bond acceptors (Lipinski definition) is 3. The van der Waals surface area contributed by atoms with Crippen molar-refractivity contribution in [2.75, 3.05) is 25.0 Å². The molecule has 1 atom stereocenters. The van der Waals surface area contributed by atoms with Crippen LogP contribution < -0.4 is 16.0 Å². The van der Waals surface area contributed by atoms with Gasteiger partial charge in [-0.05, 0) is 44.4 Å². The first-order valence-corrected chi connectivity index (χ1v) is 8.37. The Kier molecular flexibility index (Phi) is 6.87. The van der Waals surface area contributed by atoms with E-state index in [4.69, 9.17) is 0 Å². The molecule has 2 aliphatic heterocycles. The number of nitrogens with zero attached hydrogens (tertiary/aromatic N) is 1. The average molecular weight is 353 g/mol. The molecular formula is C17H25ClN4O2. The van der Waals surface area contributed by atoms with Crippen molar-refractivity contribution in [1.82, 2.24) is 15.5 Å². The number of urea groups is 1. The molecule has 1 aromatic rings. The van der Waals surface area contributed by atoms with E-state index >= 15 is 0 Å². The zero-order valence-electron chi connectivity index (χ0n) is 13.7. The van der Waals surface area contributed by atoms with Crippen LogP contribution in [0.2, 0.25) is 0 Å². The molecule has 132 valence electrons. The number of rotatable bonds is 3. The summed E-state index contributed by atoms with van der Waals surface area (Å²) in [5, 5.41) is 9.07. The highest BCUT2D eigenvalue weighted by molar-refractivity contribution is 5.89. The van der Waals surface area contributed by atoms with E-state index in [1.54, 1.807) is 0 Å². The summed E-state index contributed by atoms with van der Waals surface area (Å²) < 4.78 is 0. The minimum Gasteiger partial charge on any atom is -0.341 e. The van der Waals surface area contributed by atoms with Gasteiger partial charge in [-0.15, -0.1) is 12.4 Å². The van der Waals surface area contributed by atoms with Crippen molar-refractivity contribution in [2.45, 2.75) is 37.8 Å². The molecule has 2 heterocycles. The van der Waals surface area contributed by atoms with Gasteiger partial charge < -0.3 is 20.9 Å². The Morgan fingerprint density at radius 3 is 2.42 bits per heavy atom. The third-order valence-corrected chi connectivity index (χ3v) is 4.53. The van der Waals surface area contributed by atoms with Crippen LogP contribution in [-0.4, -0.2) is 48.6 Å². The van der Waals surface area contributed by atoms with Crippen LogP contribution in [0.3, 0.4) is 0 Å². The number of para-hydroxylation sites is 1. The first-order valence-electron chi connectivity index (χ1n) is 8.37. The fourth-order valence-corrected chi connectivity index (χ4v) is 3.23. The molecule has 0 bridgehead atoms. The second kappa shape index (κ2) is 8.89. The summed E-state index contributed by atoms with van der Waals surface area (Å²) in [6.07, 6.45) is 3.63. The molecule has 0 radical (unpaired) electrons. The number of nitrogens with one attached hydrogen (secondary N) is 3. The predicted molar refractivity (Wildman–Crippen MR) is 96.5 cm³/mol. The lowest BCUT2D eigenvalue weighted by molar-refractivity contribution is -0.134. The third kappa shape index (κ3) is 4.85. The highest BCUT2D eigenvalue weighted by Gasteiger charge is 2.30. The zero-order valence-corrected chi connectivity index (χ0v) is 14.5. The number of carbonyl (C=O) groups is 2. The largest absolute Gasteiger partial charge is 0.341 e. The number of hydrogen-bond donors (Lipinski definition) is 3. The van der Waals surface area contributed by atoms with E-state index < -0.39 is 0 Å². The topological polar surface area (TPSA) is 73.5 Å². The Morgan fingerprint density at radius 2 is 1.79 bits per heavy atom. The Hall–Kier alpha value is -1.79. The molecule has 2 aliphatic rings. The summed E-state index contributed by atoms with van der Waals surface area (Å²) >= 11 is 0. The number of anilines is 1. The molecule has 0 aliphatic carbocycles. The molecule has 3 N–H and O–H groups in total. The number of benzene rings is 1. The Labute approximate surface area is 148 Å². The van der Waals surface area contributed by atoms with Crippen molar-refractivity contribution in [3.05, 3.63) is 30.3 Å². The van der Waals surface area contributed by atoms with E-state index in [1.807, 2.05) is 35.2 Å². The smallest absolute Gasteiger partial charge is 0.319 e. The van der Waals surface area contributed by atoms with Crippen LogP contribution in [-0.2, 0) is 4.79 Å². The molecule has 7 heteroatoms. The zero-order chi connectivity index (χ0) is 16.1. The summed E-state index contributed by atoms with van der Waals surface area (Å²) in [5.74, 6) is 0.217. The quantitative estimate of drug-likeness (QED) is 0.778. The van der Waals surface area contributed by atoms with Crippen molar-refractivity contribution < 1.29 is 9.59 Å². The van der Waals surface area contributed by atoms with Crippen LogP contribution >= 0.6 is 12.4 Å². The highest BCUT2D eigenvalue weighted by atomic mass is 35.5. The Morgan fingerprint density at radius 1 is 1.08 bits per heavy atom. The third-order valence-electron chi connectivity index (χ3n) is 4.53. The first kappa shape index (κ1) is 18.5. The summed E-state index contributed by atoms with van der Waals surface area (Å²) in [6.45, 7) is 2.37. The van der Waals surface area contributed by atoms with Crippen molar-refractivity contribution in [3.63, 3.8) is 0 Å². The molecule has 2 fully saturated rings. The van der Waals surface area contributed by atoms with Gasteiger partial charge in [-0.3, -0.25) is 4.79 Å². The molecule has 2 saturated heterocycles. The molecule has 0 aromatic heterocycles. The molecule has 1 unspecified atom stereocenters. The Bertz CT molecular complexity index is 541. The SMILES string of the molecule is Cl.O=C(Nc1ccccc1)NC1CCN(C(=O)C2CCCN2)CC1. The van der Waals surface area contributed by atoms with E-state index in [0.29, 0.717) is 13.1 Å². The van der Waals surface area contributed by atoms with Gasteiger partial charge >= 0.3 is 6.03 Å². The highest BCUT2D eigenvalue weighted by Crippen LogP contribution is 2.15. The van der Waals surface area contributed by atoms with Crippen LogP contribution in [0.4, 0.5) is 10.5 Å². The lowest BCUT2D eigenvalue weighted by atomic mass is 10.0. The lowest BCUT2D eigenvalue weighted by Gasteiger charge is -2.33. The molecule has 24 heavy (non-hydrogen) atoms. The van der Waals surface area contributed by atoms with E-state index in [1.165, 1.54) is 0 Å². The minimum absolute atomic E-state index is 0. The molecule has 6 nitrogen and oxygen atoms in total. The van der Waals surface area contributed by atoms with Crippen LogP contribution in [0.15, 0.2) is 30.3 Å². The molecule has 3 rings (SSSR count). The van der Waals surface area contributed by atoms with Gasteiger partial charge in [-0.25, -0.2) is 4.79 Å². The monoisotopic (exact) mass is 352 g/mol. The van der Waals surface area contributed by atoms with E-state index in [9.17, 15) is 9.59 Å². The normalized spacial score (nSPS) is 21.0. The molecule has 3 amide bonds. The molecule has 0 spiro atoms. The maximum Gasteiger partial charge on any atom is 0.319 e. The fraction of sp³-hybridized carbons (Fsp3) is 0.529. The van der Waals surface area contributed by atoms with Gasteiger partial charge in [-0.2, -0.15) is 0 Å². The summed E-state index contributed by atoms with van der Waals surface area (Å²) in [4.78, 5) is 26.3. The summed E-state index contributed by atoms with van der Waals surface area (Å²) in [7, 11) is 0. The van der Waals surface area contributed by atoms with Crippen molar-refractivity contribution in [1.29, 1.82) is 0 Å². The molecule has 1 aromatic carbocycles. The van der Waals surface area contributed by atoms with Gasteiger partial charge in [0, 0.05) is 24.8 Å². The second-order valence-electron chi connectivity index (χ2n) is 6.21. The molecule has 0 saturated carbocycles. The summed E-state index contributed by atoms with van der Waals surface area (Å²) in [6, 6.07) is 9.34. The number of halogens is 1. The maximum atomic E-state index is 12.3. The number of carbonyl (C=O) groups excluding carboxylic acids is 2. The van der Waals surface area contributed by atoms with Gasteiger partial charge in [0.25, 0.3) is 0 Å². The number of amides is 3. The van der Waals surface area contributed by atoms with Crippen molar-refractivity contribution in [3.8, 4) is 0 Å². The predicted octanol–water partition coefficient (Wildman–Crippen LogP) is 1.97. The summed E-state index contributed by atoms with van der Waals surface area (Å²) in [5.41, 5.74) is 0.782. The van der Waals surface area contributed by atoms with E-state index in [2.05, 4.69) is 16.0 Å². The Balaban J connectivity index is 0.00000208. The van der Waals surface area contributed by atoms with Crippen LogP contribution in [0, 0.1) is 0 Å². The lowest BCUT2D eigenvalue weighted by Crippen LogP contribution is -2.51. The average Bonchev–Trinajstić information content (AvgIpc) is 3.10. The van der Waals surface area contributed by atoms with Gasteiger partial charge in [0.05, 0.1) is 6.04 Å². The van der Waals surface area contributed by atoms with Crippen molar-refractivity contribution in [2.24, 2.45) is 0 Å². The van der Waals surface area contributed by atoms with Crippen LogP contribution in [0.5, 0.6) is 0 Å². The second-order valence-corrected chi connectivity index (χ2v) is 6.21. The first-order chi connectivity index (χ1) is 11.2. The standard InChI is InChI=1S/C17H24N4O2.ClH/c22-16(15-7-4-10-18-15)21-11-8-14(9-12-21)20-17(23)19-13-5-2-1-3-6-13;/h1-3,5-6,14-15,18H,4,7-12H2,(H2,19,20,23);1H. The number of likely N-dealkylation sites (tertiary alicyclic amines) is 1. The minimum atomic E-state index is -0.182. The number of piperidine rings is 1. The van der Waals surface area contributed by atoms with Gasteiger partial charge in [0.15, 0.2) is 0 Å². The maximum absolute atomic E-state index is 12.3. The van der Waals surface area contributed by atoms with E-state index in [-0.39, 0.29) is 36.4 Å². The van der Waals surface area contributed by atoms with Crippen LogP contribution in [0.1, 0.15) is 25.7 Å². The molecular weight excluding hydrogens is 328 g/mol. The van der Waals surface area contributed by atoms with Gasteiger partial charge in [-0.1, -0.05) is 18.2 Å². The van der Waals surface area contributed by atoms with Gasteiger partial charge in [0.1, 0.15) is 0 Å². The van der Waals surface area contributed by atoms with E-state index in [0.717, 1.165) is 37.9 Å². The van der Waals surface area contributed by atoms with Gasteiger partial charge in [0.2, 0.25) is 5.91 Å².